The molecule has 2 heteroatoms. The van der Waals surface area contributed by atoms with E-state index in [0.717, 1.165) is 6.42 Å². The average molecular weight is 191 g/mol. The molecule has 1 aromatic rings. The standard InChI is InChI=1S/C11H15OSi/c1-3-6-10-7-4-5-8-11(10)9(2)12-13/h4-5,7-9H,3,6H2,1-2H3. The van der Waals surface area contributed by atoms with Crippen LogP contribution in [0.15, 0.2) is 24.3 Å². The fourth-order valence-corrected chi connectivity index (χ4v) is 1.62. The maximum atomic E-state index is 5.13. The Balaban J connectivity index is 2.90. The number of hydrogen-bond acceptors (Lipinski definition) is 1. The molecule has 0 spiro atoms. The minimum Gasteiger partial charge on any atom is -0.412 e. The Morgan fingerprint density at radius 1 is 1.38 bits per heavy atom. The highest BCUT2D eigenvalue weighted by atomic mass is 28.2. The van der Waals surface area contributed by atoms with E-state index in [4.69, 9.17) is 4.43 Å². The molecular formula is C11H15OSi. The first-order valence-electron chi connectivity index (χ1n) is 4.69. The van der Waals surface area contributed by atoms with Crippen LogP contribution >= 0.6 is 0 Å². The highest BCUT2D eigenvalue weighted by Gasteiger charge is 2.07. The van der Waals surface area contributed by atoms with E-state index in [9.17, 15) is 0 Å². The van der Waals surface area contributed by atoms with Crippen LogP contribution in [0.25, 0.3) is 0 Å². The van der Waals surface area contributed by atoms with Crippen LogP contribution in [0.2, 0.25) is 0 Å². The van der Waals surface area contributed by atoms with E-state index in [1.54, 1.807) is 0 Å². The minimum atomic E-state index is 0.124. The van der Waals surface area contributed by atoms with Crippen LogP contribution < -0.4 is 0 Å². The zero-order chi connectivity index (χ0) is 9.68. The van der Waals surface area contributed by atoms with E-state index >= 15 is 0 Å². The van der Waals surface area contributed by atoms with Gasteiger partial charge in [-0.2, -0.15) is 0 Å². The van der Waals surface area contributed by atoms with Gasteiger partial charge in [-0.3, -0.25) is 0 Å². The van der Waals surface area contributed by atoms with Gasteiger partial charge >= 0.3 is 0 Å². The van der Waals surface area contributed by atoms with Gasteiger partial charge in [-0.05, 0) is 24.5 Å². The minimum absolute atomic E-state index is 0.124. The highest BCUT2D eigenvalue weighted by Crippen LogP contribution is 2.20. The molecule has 13 heavy (non-hydrogen) atoms. The summed E-state index contributed by atoms with van der Waals surface area (Å²) < 4.78 is 5.13. The predicted octanol–water partition coefficient (Wildman–Crippen LogP) is 2.80. The summed E-state index contributed by atoms with van der Waals surface area (Å²) in [6, 6.07) is 8.42. The molecule has 0 aliphatic carbocycles. The number of benzene rings is 1. The van der Waals surface area contributed by atoms with Gasteiger partial charge in [0.2, 0.25) is 10.5 Å². The first-order chi connectivity index (χ1) is 6.29. The second kappa shape index (κ2) is 5.20. The zero-order valence-electron chi connectivity index (χ0n) is 8.21. The van der Waals surface area contributed by atoms with E-state index in [-0.39, 0.29) is 6.10 Å². The van der Waals surface area contributed by atoms with E-state index in [0.29, 0.717) is 0 Å². The lowest BCUT2D eigenvalue weighted by Gasteiger charge is -2.14. The molecule has 0 saturated heterocycles. The summed E-state index contributed by atoms with van der Waals surface area (Å²) in [6.07, 6.45) is 2.42. The maximum Gasteiger partial charge on any atom is 0.247 e. The van der Waals surface area contributed by atoms with Crippen molar-refractivity contribution in [1.29, 1.82) is 0 Å². The van der Waals surface area contributed by atoms with Crippen molar-refractivity contribution >= 4 is 10.5 Å². The largest absolute Gasteiger partial charge is 0.412 e. The molecule has 0 fully saturated rings. The van der Waals surface area contributed by atoms with Crippen LogP contribution in [-0.4, -0.2) is 10.5 Å². The van der Waals surface area contributed by atoms with E-state index in [2.05, 4.69) is 41.7 Å². The maximum absolute atomic E-state index is 5.13. The van der Waals surface area contributed by atoms with Crippen molar-refractivity contribution in [2.45, 2.75) is 32.8 Å². The molecule has 69 valence electrons. The van der Waals surface area contributed by atoms with Crippen LogP contribution in [-0.2, 0) is 10.8 Å². The van der Waals surface area contributed by atoms with Crippen molar-refractivity contribution in [1.82, 2.24) is 0 Å². The van der Waals surface area contributed by atoms with Crippen molar-refractivity contribution in [2.24, 2.45) is 0 Å². The Hall–Kier alpha value is -0.603. The molecule has 0 aromatic heterocycles. The van der Waals surface area contributed by atoms with Crippen molar-refractivity contribution in [3.63, 3.8) is 0 Å². The Bertz CT molecular complexity index is 260. The van der Waals surface area contributed by atoms with Gasteiger partial charge < -0.3 is 4.43 Å². The van der Waals surface area contributed by atoms with Crippen molar-refractivity contribution in [3.8, 4) is 0 Å². The molecule has 1 rings (SSSR count). The fraction of sp³-hybridized carbons (Fsp3) is 0.455. The first kappa shape index (κ1) is 10.5. The Morgan fingerprint density at radius 3 is 2.69 bits per heavy atom. The summed E-state index contributed by atoms with van der Waals surface area (Å²) in [5.74, 6) is 0. The quantitative estimate of drug-likeness (QED) is 0.665. The lowest BCUT2D eigenvalue weighted by molar-refractivity contribution is 0.249. The molecular weight excluding hydrogens is 176 g/mol. The molecule has 0 N–H and O–H groups in total. The second-order valence-corrected chi connectivity index (χ2v) is 3.44. The molecule has 0 saturated carbocycles. The van der Waals surface area contributed by atoms with Crippen molar-refractivity contribution < 1.29 is 4.43 Å². The number of aryl methyl sites for hydroxylation is 1. The van der Waals surface area contributed by atoms with Gasteiger partial charge in [0, 0.05) is 0 Å². The van der Waals surface area contributed by atoms with E-state index < -0.39 is 0 Å². The molecule has 0 bridgehead atoms. The summed E-state index contributed by atoms with van der Waals surface area (Å²) in [5.41, 5.74) is 2.66. The molecule has 0 amide bonds. The number of rotatable bonds is 4. The van der Waals surface area contributed by atoms with Crippen LogP contribution in [0.4, 0.5) is 0 Å². The van der Waals surface area contributed by atoms with E-state index in [1.807, 2.05) is 6.92 Å². The molecule has 1 atom stereocenters. The highest BCUT2D eigenvalue weighted by molar-refractivity contribution is 5.98. The summed E-state index contributed by atoms with van der Waals surface area (Å²) in [5, 5.41) is 0. The van der Waals surface area contributed by atoms with Gasteiger partial charge in [-0.25, -0.2) is 0 Å². The SMILES string of the molecule is CCCc1ccccc1C(C)O[Si]. The summed E-state index contributed by atoms with van der Waals surface area (Å²) in [7, 11) is 3.08. The topological polar surface area (TPSA) is 9.23 Å². The van der Waals surface area contributed by atoms with Gasteiger partial charge in [-0.15, -0.1) is 0 Å². The van der Waals surface area contributed by atoms with Gasteiger partial charge in [0.05, 0.1) is 6.10 Å². The lowest BCUT2D eigenvalue weighted by atomic mass is 10.00. The smallest absolute Gasteiger partial charge is 0.247 e. The lowest BCUT2D eigenvalue weighted by Crippen LogP contribution is -2.01. The second-order valence-electron chi connectivity index (χ2n) is 3.21. The molecule has 1 aromatic carbocycles. The fourth-order valence-electron chi connectivity index (χ4n) is 1.49. The van der Waals surface area contributed by atoms with Crippen molar-refractivity contribution in [3.05, 3.63) is 35.4 Å². The van der Waals surface area contributed by atoms with Gasteiger partial charge in [0.15, 0.2) is 0 Å². The van der Waals surface area contributed by atoms with Gasteiger partial charge in [0.1, 0.15) is 0 Å². The molecule has 0 aliphatic heterocycles. The van der Waals surface area contributed by atoms with Crippen LogP contribution in [0.3, 0.4) is 0 Å². The average Bonchev–Trinajstić information content (AvgIpc) is 2.18. The van der Waals surface area contributed by atoms with Crippen LogP contribution in [0.5, 0.6) is 0 Å². The van der Waals surface area contributed by atoms with Gasteiger partial charge in [0.25, 0.3) is 0 Å². The van der Waals surface area contributed by atoms with E-state index in [1.165, 1.54) is 17.5 Å². The Kier molecular flexibility index (Phi) is 4.19. The zero-order valence-corrected chi connectivity index (χ0v) is 9.21. The normalized spacial score (nSPS) is 12.8. The summed E-state index contributed by atoms with van der Waals surface area (Å²) >= 11 is 0. The third-order valence-electron chi connectivity index (χ3n) is 2.19. The Morgan fingerprint density at radius 2 is 2.08 bits per heavy atom. The monoisotopic (exact) mass is 191 g/mol. The third-order valence-corrected chi connectivity index (χ3v) is 2.54. The van der Waals surface area contributed by atoms with Gasteiger partial charge in [-0.1, -0.05) is 37.6 Å². The molecule has 1 nitrogen and oxygen atoms in total. The third kappa shape index (κ3) is 2.67. The Labute approximate surface area is 83.7 Å². The summed E-state index contributed by atoms with van der Waals surface area (Å²) in [4.78, 5) is 0. The first-order valence-corrected chi connectivity index (χ1v) is 5.10. The summed E-state index contributed by atoms with van der Waals surface area (Å²) in [6.45, 7) is 4.23. The predicted molar refractivity (Wildman–Crippen MR) is 55.7 cm³/mol. The van der Waals surface area contributed by atoms with Crippen LogP contribution in [0, 0.1) is 0 Å². The molecule has 3 radical (unpaired) electrons. The van der Waals surface area contributed by atoms with Crippen molar-refractivity contribution in [2.75, 3.05) is 0 Å². The molecule has 0 heterocycles. The molecule has 0 aliphatic rings. The number of hydrogen-bond donors (Lipinski definition) is 0. The van der Waals surface area contributed by atoms with Crippen LogP contribution in [0.1, 0.15) is 37.5 Å². The molecule has 1 unspecified atom stereocenters.